The van der Waals surface area contributed by atoms with Crippen molar-refractivity contribution in [3.05, 3.63) is 77.8 Å². The summed E-state index contributed by atoms with van der Waals surface area (Å²) in [6, 6.07) is 21.1. The maximum absolute atomic E-state index is 12.9. The summed E-state index contributed by atoms with van der Waals surface area (Å²) in [6.45, 7) is 0. The van der Waals surface area contributed by atoms with Gasteiger partial charge < -0.3 is 10.1 Å². The molecule has 0 saturated carbocycles. The molecule has 164 valence electrons. The highest BCUT2D eigenvalue weighted by Crippen LogP contribution is 2.26. The number of nitrogens with one attached hydrogen (secondary N) is 1. The Morgan fingerprint density at radius 1 is 1.00 bits per heavy atom. The first-order valence-corrected chi connectivity index (χ1v) is 12.7. The Bertz CT molecular complexity index is 1320. The van der Waals surface area contributed by atoms with Gasteiger partial charge in [-0.05, 0) is 47.5 Å². The number of hydrogen-bond acceptors (Lipinski definition) is 5. The molecule has 1 heterocycles. The van der Waals surface area contributed by atoms with Crippen LogP contribution in [0.25, 0.3) is 22.2 Å². The number of carboxylic acid groups (broad SMARTS) is 1. The molecule has 2 N–H and O–H groups in total. The van der Waals surface area contributed by atoms with E-state index in [0.717, 1.165) is 22.2 Å². The molecule has 3 aromatic carbocycles. The number of aliphatic carboxylic acids is 1. The molecular formula is C23H19ClN2O4S2. The zero-order chi connectivity index (χ0) is 22.7. The molecule has 4 rings (SSSR count). The number of halogens is 1. The van der Waals surface area contributed by atoms with Crippen LogP contribution in [0.1, 0.15) is 0 Å². The quantitative estimate of drug-likeness (QED) is 0.334. The Morgan fingerprint density at radius 3 is 2.25 bits per heavy atom. The molecule has 0 saturated heterocycles. The number of carboxylic acids is 1. The highest BCUT2D eigenvalue weighted by Gasteiger charge is 2.27. The number of aromatic amines is 1. The van der Waals surface area contributed by atoms with E-state index in [1.54, 1.807) is 24.3 Å². The Morgan fingerprint density at radius 2 is 1.62 bits per heavy atom. The predicted molar refractivity (Wildman–Crippen MR) is 127 cm³/mol. The Hall–Kier alpha value is -2.81. The van der Waals surface area contributed by atoms with Crippen LogP contribution in [0.3, 0.4) is 0 Å². The number of imidazole rings is 1. The van der Waals surface area contributed by atoms with Crippen molar-refractivity contribution in [1.82, 2.24) is 9.97 Å². The molecule has 0 aliphatic rings. The van der Waals surface area contributed by atoms with Gasteiger partial charge in [-0.25, -0.2) is 13.4 Å². The molecule has 32 heavy (non-hydrogen) atoms. The van der Waals surface area contributed by atoms with Gasteiger partial charge in [-0.3, -0.25) is 4.79 Å². The number of H-pyrrole nitrogens is 1. The molecular weight excluding hydrogens is 468 g/mol. The first-order chi connectivity index (χ1) is 15.3. The van der Waals surface area contributed by atoms with Gasteiger partial charge in [-0.2, -0.15) is 0 Å². The highest BCUT2D eigenvalue weighted by atomic mass is 35.5. The van der Waals surface area contributed by atoms with E-state index < -0.39 is 27.5 Å². The summed E-state index contributed by atoms with van der Waals surface area (Å²) in [5.74, 6) is -2.64. The molecule has 1 unspecified atom stereocenters. The lowest BCUT2D eigenvalue weighted by Gasteiger charge is -2.12. The first-order valence-electron chi connectivity index (χ1n) is 9.71. The van der Waals surface area contributed by atoms with Crippen LogP contribution in [0.2, 0.25) is 5.02 Å². The van der Waals surface area contributed by atoms with E-state index in [1.165, 1.54) is 23.9 Å². The van der Waals surface area contributed by atoms with Gasteiger partial charge in [-0.1, -0.05) is 59.8 Å². The second-order valence-corrected chi connectivity index (χ2v) is 10.7. The molecule has 9 heteroatoms. The zero-order valence-corrected chi connectivity index (χ0v) is 19.1. The Kier molecular flexibility index (Phi) is 6.55. The number of para-hydroxylation sites is 2. The molecule has 0 fully saturated rings. The smallest absolute Gasteiger partial charge is 0.308 e. The molecule has 0 aliphatic carbocycles. The van der Waals surface area contributed by atoms with Crippen LogP contribution in [0.15, 0.2) is 82.8 Å². The second kappa shape index (κ2) is 9.36. The van der Waals surface area contributed by atoms with E-state index >= 15 is 0 Å². The van der Waals surface area contributed by atoms with Crippen molar-refractivity contribution in [3.63, 3.8) is 0 Å². The van der Waals surface area contributed by atoms with Crippen molar-refractivity contribution < 1.29 is 18.3 Å². The van der Waals surface area contributed by atoms with Gasteiger partial charge in [0.2, 0.25) is 0 Å². The molecule has 0 radical (unpaired) electrons. The van der Waals surface area contributed by atoms with Crippen LogP contribution in [-0.2, 0) is 14.6 Å². The summed E-state index contributed by atoms with van der Waals surface area (Å²) in [6.07, 6.45) is 0. The number of rotatable bonds is 8. The van der Waals surface area contributed by atoms with Gasteiger partial charge in [0.05, 0.1) is 27.6 Å². The lowest BCUT2D eigenvalue weighted by Crippen LogP contribution is -2.26. The van der Waals surface area contributed by atoms with Crippen molar-refractivity contribution in [3.8, 4) is 11.1 Å². The third kappa shape index (κ3) is 5.15. The van der Waals surface area contributed by atoms with Gasteiger partial charge in [0, 0.05) is 10.8 Å². The number of fused-ring (bicyclic) bond motifs is 1. The molecule has 1 aromatic heterocycles. The summed E-state index contributed by atoms with van der Waals surface area (Å²) >= 11 is 7.11. The molecule has 0 amide bonds. The monoisotopic (exact) mass is 486 g/mol. The third-order valence-corrected chi connectivity index (χ3v) is 8.07. The van der Waals surface area contributed by atoms with Crippen LogP contribution in [-0.4, -0.2) is 41.0 Å². The minimum Gasteiger partial charge on any atom is -0.481 e. The summed E-state index contributed by atoms with van der Waals surface area (Å²) in [4.78, 5) is 19.4. The number of nitrogens with zero attached hydrogens (tertiary/aromatic N) is 1. The van der Waals surface area contributed by atoms with E-state index in [-0.39, 0.29) is 10.6 Å². The minimum absolute atomic E-state index is 0.0806. The molecule has 1 atom stereocenters. The van der Waals surface area contributed by atoms with Gasteiger partial charge in [0.25, 0.3) is 0 Å². The van der Waals surface area contributed by atoms with Gasteiger partial charge in [-0.15, -0.1) is 0 Å². The SMILES string of the molecule is O=C(O)C(CSc1nc2ccccc2[nH]1)CS(=O)(=O)c1ccc(-c2ccc(Cl)cc2)cc1. The number of sulfone groups is 1. The fourth-order valence-electron chi connectivity index (χ4n) is 3.23. The van der Waals surface area contributed by atoms with Crippen LogP contribution < -0.4 is 0 Å². The van der Waals surface area contributed by atoms with E-state index in [1.807, 2.05) is 36.4 Å². The van der Waals surface area contributed by atoms with Crippen molar-refractivity contribution in [2.75, 3.05) is 11.5 Å². The minimum atomic E-state index is -3.79. The van der Waals surface area contributed by atoms with Crippen LogP contribution in [0.5, 0.6) is 0 Å². The number of thioether (sulfide) groups is 1. The van der Waals surface area contributed by atoms with E-state index in [4.69, 9.17) is 11.6 Å². The average molecular weight is 487 g/mol. The number of carbonyl (C=O) groups is 1. The molecule has 6 nitrogen and oxygen atoms in total. The fraction of sp³-hybridized carbons (Fsp3) is 0.130. The summed E-state index contributed by atoms with van der Waals surface area (Å²) in [5, 5.41) is 10.8. The normalized spacial score (nSPS) is 12.7. The van der Waals surface area contributed by atoms with Crippen LogP contribution in [0.4, 0.5) is 0 Å². The maximum atomic E-state index is 12.9. The maximum Gasteiger partial charge on any atom is 0.308 e. The number of benzene rings is 3. The molecule has 0 aliphatic heterocycles. The summed E-state index contributed by atoms with van der Waals surface area (Å²) < 4.78 is 25.8. The van der Waals surface area contributed by atoms with Crippen LogP contribution >= 0.6 is 23.4 Å². The van der Waals surface area contributed by atoms with E-state index in [2.05, 4.69) is 9.97 Å². The first kappa shape index (κ1) is 22.4. The van der Waals surface area contributed by atoms with Crippen molar-refractivity contribution >= 4 is 50.2 Å². The fourth-order valence-corrected chi connectivity index (χ4v) is 6.00. The zero-order valence-electron chi connectivity index (χ0n) is 16.7. The van der Waals surface area contributed by atoms with E-state index in [0.29, 0.717) is 10.2 Å². The topological polar surface area (TPSA) is 100 Å². The summed E-state index contributed by atoms with van der Waals surface area (Å²) in [5.41, 5.74) is 3.37. The van der Waals surface area contributed by atoms with Crippen molar-refractivity contribution in [1.29, 1.82) is 0 Å². The van der Waals surface area contributed by atoms with Crippen LogP contribution in [0, 0.1) is 5.92 Å². The average Bonchev–Trinajstić information content (AvgIpc) is 3.20. The predicted octanol–water partition coefficient (Wildman–Crippen LogP) is 5.15. The second-order valence-electron chi connectivity index (χ2n) is 7.22. The van der Waals surface area contributed by atoms with Crippen molar-refractivity contribution in [2.45, 2.75) is 10.1 Å². The van der Waals surface area contributed by atoms with Gasteiger partial charge >= 0.3 is 5.97 Å². The molecule has 4 aromatic rings. The van der Waals surface area contributed by atoms with E-state index in [9.17, 15) is 18.3 Å². The number of hydrogen-bond donors (Lipinski definition) is 2. The summed E-state index contributed by atoms with van der Waals surface area (Å²) in [7, 11) is -3.79. The lowest BCUT2D eigenvalue weighted by molar-refractivity contribution is -0.140. The molecule has 0 bridgehead atoms. The Labute approximate surface area is 194 Å². The largest absolute Gasteiger partial charge is 0.481 e. The van der Waals surface area contributed by atoms with Crippen molar-refractivity contribution in [2.24, 2.45) is 5.92 Å². The Balaban J connectivity index is 1.46. The third-order valence-electron chi connectivity index (χ3n) is 4.95. The number of aromatic nitrogens is 2. The highest BCUT2D eigenvalue weighted by molar-refractivity contribution is 7.99. The van der Waals surface area contributed by atoms with Gasteiger partial charge in [0.15, 0.2) is 15.0 Å². The van der Waals surface area contributed by atoms with Gasteiger partial charge in [0.1, 0.15) is 0 Å². The standard InChI is InChI=1S/C23H19ClN2O4S2/c24-18-9-5-15(6-10-18)16-7-11-19(12-8-16)32(29,30)14-17(22(27)28)13-31-23-25-20-3-1-2-4-21(20)26-23/h1-12,17H,13-14H2,(H,25,26)(H,27,28). The lowest BCUT2D eigenvalue weighted by atomic mass is 10.1. The molecule has 0 spiro atoms.